The molecule has 3 rings (SSSR count). The Labute approximate surface area is 154 Å². The van der Waals surface area contributed by atoms with Crippen LogP contribution in [-0.2, 0) is 14.8 Å². The van der Waals surface area contributed by atoms with Gasteiger partial charge in [-0.25, -0.2) is 8.42 Å². The maximum Gasteiger partial charge on any atom is 0.263 e. The van der Waals surface area contributed by atoms with E-state index in [-0.39, 0.29) is 35.1 Å². The van der Waals surface area contributed by atoms with Gasteiger partial charge in [-0.1, -0.05) is 12.1 Å². The first kappa shape index (κ1) is 19.7. The van der Waals surface area contributed by atoms with E-state index in [1.54, 1.807) is 25.1 Å². The molecular formula is C16H23ClN4O3S. The largest absolute Gasteiger partial charge is 0.351 e. The van der Waals surface area contributed by atoms with Gasteiger partial charge in [0.15, 0.2) is 0 Å². The predicted octanol–water partition coefficient (Wildman–Crippen LogP) is 0.792. The van der Waals surface area contributed by atoms with Crippen LogP contribution < -0.4 is 15.4 Å². The van der Waals surface area contributed by atoms with Crippen LogP contribution >= 0.6 is 12.4 Å². The Morgan fingerprint density at radius 3 is 2.80 bits per heavy atom. The second-order valence-corrected chi connectivity index (χ2v) is 7.99. The average Bonchev–Trinajstić information content (AvgIpc) is 2.78. The molecule has 2 aliphatic rings. The zero-order valence-electron chi connectivity index (χ0n) is 14.2. The van der Waals surface area contributed by atoms with Crippen molar-refractivity contribution in [2.24, 2.45) is 4.99 Å². The number of carbonyl (C=O) groups excluding carboxylic acids is 1. The van der Waals surface area contributed by atoms with Crippen LogP contribution in [0, 0.1) is 0 Å². The summed E-state index contributed by atoms with van der Waals surface area (Å²) in [6, 6.07) is 6.46. The number of aliphatic imine (C=N–C) groups is 1. The molecule has 1 aromatic carbocycles. The molecule has 1 amide bonds. The number of nitrogens with one attached hydrogen (secondary N) is 3. The first-order valence-electron chi connectivity index (χ1n) is 8.10. The molecule has 3 N–H and O–H groups in total. The van der Waals surface area contributed by atoms with E-state index >= 15 is 0 Å². The molecule has 2 heterocycles. The number of nitrogens with zero attached hydrogens (tertiary/aromatic N) is 1. The molecule has 0 saturated carbocycles. The minimum atomic E-state index is -3.58. The Hall–Kier alpha value is -1.64. The SMILES string of the molecule is CC1CC(NC(=O)C(C)N=C2NS(=O)(=O)c3ccccc32)CCN1.Cl. The Morgan fingerprint density at radius 1 is 1.36 bits per heavy atom. The number of carbonyl (C=O) groups is 1. The Morgan fingerprint density at radius 2 is 2.08 bits per heavy atom. The molecule has 3 unspecified atom stereocenters. The lowest BCUT2D eigenvalue weighted by molar-refractivity contribution is -0.122. The van der Waals surface area contributed by atoms with Crippen molar-refractivity contribution in [3.63, 3.8) is 0 Å². The van der Waals surface area contributed by atoms with Gasteiger partial charge in [-0.15, -0.1) is 12.4 Å². The molecular weight excluding hydrogens is 364 g/mol. The zero-order valence-corrected chi connectivity index (χ0v) is 15.8. The Bertz CT molecular complexity index is 781. The molecule has 0 radical (unpaired) electrons. The van der Waals surface area contributed by atoms with Gasteiger partial charge >= 0.3 is 0 Å². The maximum atomic E-state index is 12.4. The van der Waals surface area contributed by atoms with Gasteiger partial charge in [0.25, 0.3) is 10.0 Å². The molecule has 138 valence electrons. The first-order valence-corrected chi connectivity index (χ1v) is 9.59. The summed E-state index contributed by atoms with van der Waals surface area (Å²) in [5.74, 6) is 0.0390. The lowest BCUT2D eigenvalue weighted by Crippen LogP contribution is -2.48. The quantitative estimate of drug-likeness (QED) is 0.715. The summed E-state index contributed by atoms with van der Waals surface area (Å²) in [7, 11) is -3.58. The number of halogens is 1. The summed E-state index contributed by atoms with van der Waals surface area (Å²) in [6.07, 6.45) is 1.76. The summed E-state index contributed by atoms with van der Waals surface area (Å²) in [5.41, 5.74) is 0.507. The van der Waals surface area contributed by atoms with Crippen molar-refractivity contribution in [2.45, 2.75) is 49.7 Å². The average molecular weight is 387 g/mol. The van der Waals surface area contributed by atoms with Crippen LogP contribution in [0.5, 0.6) is 0 Å². The van der Waals surface area contributed by atoms with Crippen molar-refractivity contribution < 1.29 is 13.2 Å². The highest BCUT2D eigenvalue weighted by molar-refractivity contribution is 7.90. The second kappa shape index (κ2) is 7.72. The fraction of sp³-hybridized carbons (Fsp3) is 0.500. The summed E-state index contributed by atoms with van der Waals surface area (Å²) < 4.78 is 26.6. The van der Waals surface area contributed by atoms with Crippen molar-refractivity contribution in [1.29, 1.82) is 0 Å². The van der Waals surface area contributed by atoms with E-state index in [0.717, 1.165) is 19.4 Å². The third-order valence-electron chi connectivity index (χ3n) is 4.33. The second-order valence-electron chi connectivity index (χ2n) is 6.34. The Kier molecular flexibility index (Phi) is 6.08. The van der Waals surface area contributed by atoms with Crippen molar-refractivity contribution in [3.05, 3.63) is 29.8 Å². The molecule has 0 aromatic heterocycles. The molecule has 7 nitrogen and oxygen atoms in total. The van der Waals surface area contributed by atoms with E-state index in [1.807, 2.05) is 0 Å². The van der Waals surface area contributed by atoms with Crippen LogP contribution in [0.15, 0.2) is 34.2 Å². The van der Waals surface area contributed by atoms with Gasteiger partial charge in [0.05, 0.1) is 4.90 Å². The standard InChI is InChI=1S/C16H22N4O3S.ClH/c1-10-9-12(7-8-17-10)19-16(21)11(2)18-15-13-5-3-4-6-14(13)24(22,23)20-15;/h3-6,10-12,17H,7-9H2,1-2H3,(H,18,20)(H,19,21);1H. The van der Waals surface area contributed by atoms with Crippen LogP contribution in [0.2, 0.25) is 0 Å². The minimum Gasteiger partial charge on any atom is -0.351 e. The van der Waals surface area contributed by atoms with Crippen molar-refractivity contribution in [3.8, 4) is 0 Å². The molecule has 2 aliphatic heterocycles. The fourth-order valence-electron chi connectivity index (χ4n) is 3.07. The lowest BCUT2D eigenvalue weighted by Gasteiger charge is -2.29. The van der Waals surface area contributed by atoms with Crippen LogP contribution in [-0.4, -0.2) is 44.8 Å². The van der Waals surface area contributed by atoms with Crippen LogP contribution in [0.3, 0.4) is 0 Å². The molecule has 0 spiro atoms. The molecule has 0 bridgehead atoms. The highest BCUT2D eigenvalue weighted by atomic mass is 35.5. The van der Waals surface area contributed by atoms with Crippen LogP contribution in [0.4, 0.5) is 0 Å². The number of hydrogen-bond acceptors (Lipinski definition) is 5. The van der Waals surface area contributed by atoms with Gasteiger partial charge in [0.2, 0.25) is 5.91 Å². The number of amidine groups is 1. The number of rotatable bonds is 3. The summed E-state index contributed by atoms with van der Waals surface area (Å²) >= 11 is 0. The zero-order chi connectivity index (χ0) is 17.3. The highest BCUT2D eigenvalue weighted by Gasteiger charge is 2.31. The van der Waals surface area contributed by atoms with Gasteiger partial charge in [0.1, 0.15) is 11.9 Å². The minimum absolute atomic E-state index is 0. The van der Waals surface area contributed by atoms with E-state index in [9.17, 15) is 13.2 Å². The number of piperidine rings is 1. The van der Waals surface area contributed by atoms with Gasteiger partial charge in [-0.2, -0.15) is 0 Å². The van der Waals surface area contributed by atoms with Crippen LogP contribution in [0.25, 0.3) is 0 Å². The third-order valence-corrected chi connectivity index (χ3v) is 5.73. The smallest absolute Gasteiger partial charge is 0.263 e. The number of benzene rings is 1. The Balaban J connectivity index is 0.00000225. The summed E-state index contributed by atoms with van der Waals surface area (Å²) in [5, 5.41) is 6.34. The number of hydrogen-bond donors (Lipinski definition) is 3. The summed E-state index contributed by atoms with van der Waals surface area (Å²) in [6.45, 7) is 4.64. The molecule has 0 aliphatic carbocycles. The number of sulfonamides is 1. The maximum absolute atomic E-state index is 12.4. The van der Waals surface area contributed by atoms with Crippen LogP contribution in [0.1, 0.15) is 32.3 Å². The predicted molar refractivity (Wildman–Crippen MR) is 98.6 cm³/mol. The molecule has 1 aromatic rings. The van der Waals surface area contributed by atoms with Gasteiger partial charge in [0, 0.05) is 17.6 Å². The molecule has 25 heavy (non-hydrogen) atoms. The highest BCUT2D eigenvalue weighted by Crippen LogP contribution is 2.22. The summed E-state index contributed by atoms with van der Waals surface area (Å²) in [4.78, 5) is 16.9. The molecule has 9 heteroatoms. The first-order chi connectivity index (χ1) is 11.4. The van der Waals surface area contributed by atoms with Crippen molar-refractivity contribution in [1.82, 2.24) is 15.4 Å². The van der Waals surface area contributed by atoms with Crippen molar-refractivity contribution in [2.75, 3.05) is 6.54 Å². The fourth-order valence-corrected chi connectivity index (χ4v) is 4.31. The van der Waals surface area contributed by atoms with Gasteiger partial charge < -0.3 is 10.6 Å². The van der Waals surface area contributed by atoms with E-state index in [1.165, 1.54) is 6.07 Å². The normalized spacial score (nSPS) is 26.9. The number of amides is 1. The third kappa shape index (κ3) is 4.31. The van der Waals surface area contributed by atoms with E-state index in [4.69, 9.17) is 0 Å². The molecule has 3 atom stereocenters. The number of fused-ring (bicyclic) bond motifs is 1. The lowest BCUT2D eigenvalue weighted by atomic mass is 10.0. The van der Waals surface area contributed by atoms with E-state index < -0.39 is 16.1 Å². The van der Waals surface area contributed by atoms with E-state index in [2.05, 4.69) is 27.3 Å². The van der Waals surface area contributed by atoms with E-state index in [0.29, 0.717) is 11.6 Å². The monoisotopic (exact) mass is 386 g/mol. The van der Waals surface area contributed by atoms with Gasteiger partial charge in [-0.3, -0.25) is 14.5 Å². The van der Waals surface area contributed by atoms with Gasteiger partial charge in [-0.05, 0) is 45.4 Å². The molecule has 1 saturated heterocycles. The van der Waals surface area contributed by atoms with Crippen molar-refractivity contribution >= 4 is 34.2 Å². The molecule has 1 fully saturated rings. The topological polar surface area (TPSA) is 99.7 Å².